The fraction of sp³-hybridized carbons (Fsp3) is 0.167. The average molecular weight is 261 g/mol. The summed E-state index contributed by atoms with van der Waals surface area (Å²) in [6.07, 6.45) is 1.58. The lowest BCUT2D eigenvalue weighted by Crippen LogP contribution is -2.28. The fourth-order valence-electron chi connectivity index (χ4n) is 1.40. The number of halogens is 1. The van der Waals surface area contributed by atoms with Gasteiger partial charge in [-0.15, -0.1) is 16.8 Å². The Balaban J connectivity index is 2.04. The molecular weight excluding hydrogens is 249 g/mol. The number of amides is 1. The summed E-state index contributed by atoms with van der Waals surface area (Å²) in [7, 11) is 0. The molecule has 6 nitrogen and oxygen atoms in total. The molecule has 0 unspecified atom stereocenters. The maximum atomic E-state index is 12.8. The Kier molecular flexibility index (Phi) is 3.97. The summed E-state index contributed by atoms with van der Waals surface area (Å²) in [4.78, 5) is 12.6. The lowest BCUT2D eigenvalue weighted by Gasteiger charge is -1.99. The van der Waals surface area contributed by atoms with Gasteiger partial charge in [0.2, 0.25) is 11.7 Å². The molecule has 1 aromatic carbocycles. The third kappa shape index (κ3) is 3.44. The highest BCUT2D eigenvalue weighted by molar-refractivity contribution is 5.75. The molecule has 0 atom stereocenters. The molecule has 0 bridgehead atoms. The van der Waals surface area contributed by atoms with Crippen LogP contribution in [0.15, 0.2) is 36.9 Å². The van der Waals surface area contributed by atoms with Crippen molar-refractivity contribution in [1.82, 2.24) is 25.5 Å². The van der Waals surface area contributed by atoms with Gasteiger partial charge in [0.15, 0.2) is 0 Å². The van der Waals surface area contributed by atoms with E-state index in [1.165, 1.54) is 16.9 Å². The van der Waals surface area contributed by atoms with Gasteiger partial charge in [-0.2, -0.15) is 4.80 Å². The first-order chi connectivity index (χ1) is 9.19. The molecule has 1 heterocycles. The smallest absolute Gasteiger partial charge is 0.243 e. The Labute approximate surface area is 108 Å². The van der Waals surface area contributed by atoms with Crippen LogP contribution in [0.4, 0.5) is 4.39 Å². The first-order valence-corrected chi connectivity index (χ1v) is 5.60. The number of hydrogen-bond donors (Lipinski definition) is 1. The molecule has 1 aromatic heterocycles. The number of tetrazole rings is 1. The molecule has 2 aromatic rings. The van der Waals surface area contributed by atoms with Gasteiger partial charge in [-0.05, 0) is 29.5 Å². The van der Waals surface area contributed by atoms with E-state index in [2.05, 4.69) is 27.3 Å². The van der Waals surface area contributed by atoms with Crippen molar-refractivity contribution < 1.29 is 9.18 Å². The van der Waals surface area contributed by atoms with Gasteiger partial charge < -0.3 is 5.32 Å². The molecule has 19 heavy (non-hydrogen) atoms. The lowest BCUT2D eigenvalue weighted by molar-refractivity contribution is -0.121. The van der Waals surface area contributed by atoms with E-state index < -0.39 is 0 Å². The Morgan fingerprint density at radius 1 is 1.42 bits per heavy atom. The fourth-order valence-corrected chi connectivity index (χ4v) is 1.40. The first-order valence-electron chi connectivity index (χ1n) is 5.60. The zero-order chi connectivity index (χ0) is 13.7. The molecule has 0 fully saturated rings. The molecule has 0 saturated heterocycles. The molecule has 0 saturated carbocycles. The highest BCUT2D eigenvalue weighted by Gasteiger charge is 2.08. The quantitative estimate of drug-likeness (QED) is 0.807. The van der Waals surface area contributed by atoms with Gasteiger partial charge >= 0.3 is 0 Å². The maximum absolute atomic E-state index is 12.8. The standard InChI is InChI=1S/C12H12FN5O/c1-2-7-14-11(19)8-18-16-12(15-17-18)9-3-5-10(13)6-4-9/h2-6H,1,7-8H2,(H,14,19). The van der Waals surface area contributed by atoms with Crippen molar-refractivity contribution in [2.75, 3.05) is 6.54 Å². The van der Waals surface area contributed by atoms with Crippen molar-refractivity contribution in [3.63, 3.8) is 0 Å². The van der Waals surface area contributed by atoms with Crippen LogP contribution in [0.25, 0.3) is 11.4 Å². The number of rotatable bonds is 5. The normalized spacial score (nSPS) is 10.2. The topological polar surface area (TPSA) is 72.7 Å². The molecule has 0 radical (unpaired) electrons. The van der Waals surface area contributed by atoms with Crippen LogP contribution in [-0.4, -0.2) is 32.7 Å². The van der Waals surface area contributed by atoms with Crippen molar-refractivity contribution in [1.29, 1.82) is 0 Å². The molecule has 0 aliphatic rings. The number of hydrogen-bond acceptors (Lipinski definition) is 4. The van der Waals surface area contributed by atoms with Crippen LogP contribution in [0, 0.1) is 5.82 Å². The summed E-state index contributed by atoms with van der Waals surface area (Å²) in [5.74, 6) is -0.223. The zero-order valence-corrected chi connectivity index (χ0v) is 10.1. The van der Waals surface area contributed by atoms with Crippen molar-refractivity contribution in [3.05, 3.63) is 42.7 Å². The van der Waals surface area contributed by atoms with E-state index in [0.717, 1.165) is 0 Å². The summed E-state index contributed by atoms with van der Waals surface area (Å²) < 4.78 is 12.8. The van der Waals surface area contributed by atoms with E-state index in [-0.39, 0.29) is 18.3 Å². The summed E-state index contributed by atoms with van der Waals surface area (Å²) in [5, 5.41) is 14.2. The third-order valence-corrected chi connectivity index (χ3v) is 2.28. The number of nitrogens with zero attached hydrogens (tertiary/aromatic N) is 4. The predicted octanol–water partition coefficient (Wildman–Crippen LogP) is 0.781. The van der Waals surface area contributed by atoms with Gasteiger partial charge in [0.25, 0.3) is 0 Å². The predicted molar refractivity (Wildman–Crippen MR) is 66.4 cm³/mol. The second-order valence-corrected chi connectivity index (χ2v) is 3.74. The molecule has 0 spiro atoms. The van der Waals surface area contributed by atoms with Gasteiger partial charge in [0, 0.05) is 12.1 Å². The number of benzene rings is 1. The van der Waals surface area contributed by atoms with E-state index in [0.29, 0.717) is 17.9 Å². The van der Waals surface area contributed by atoms with Crippen molar-refractivity contribution >= 4 is 5.91 Å². The van der Waals surface area contributed by atoms with Gasteiger partial charge in [0.1, 0.15) is 12.4 Å². The maximum Gasteiger partial charge on any atom is 0.243 e. The Morgan fingerprint density at radius 3 is 2.84 bits per heavy atom. The Morgan fingerprint density at radius 2 is 2.16 bits per heavy atom. The SMILES string of the molecule is C=CCNC(=O)Cn1nnc(-c2ccc(F)cc2)n1. The van der Waals surface area contributed by atoms with Gasteiger partial charge in [-0.3, -0.25) is 4.79 Å². The van der Waals surface area contributed by atoms with Crippen molar-refractivity contribution in [2.24, 2.45) is 0 Å². The number of carbonyl (C=O) groups excluding carboxylic acids is 1. The second kappa shape index (κ2) is 5.85. The Bertz CT molecular complexity index is 578. The van der Waals surface area contributed by atoms with E-state index in [9.17, 15) is 9.18 Å². The summed E-state index contributed by atoms with van der Waals surface area (Å²) in [6.45, 7) is 3.86. The summed E-state index contributed by atoms with van der Waals surface area (Å²) in [5.41, 5.74) is 0.638. The highest BCUT2D eigenvalue weighted by atomic mass is 19.1. The molecule has 2 rings (SSSR count). The van der Waals surface area contributed by atoms with Crippen LogP contribution >= 0.6 is 0 Å². The molecule has 7 heteroatoms. The van der Waals surface area contributed by atoms with E-state index in [1.807, 2.05) is 0 Å². The van der Waals surface area contributed by atoms with Crippen molar-refractivity contribution in [3.8, 4) is 11.4 Å². The molecular formula is C12H12FN5O. The lowest BCUT2D eigenvalue weighted by atomic mass is 10.2. The molecule has 0 aliphatic carbocycles. The number of carbonyl (C=O) groups is 1. The minimum atomic E-state index is -0.333. The van der Waals surface area contributed by atoms with Crippen LogP contribution in [0.3, 0.4) is 0 Å². The van der Waals surface area contributed by atoms with Crippen LogP contribution in [0.2, 0.25) is 0 Å². The van der Waals surface area contributed by atoms with E-state index >= 15 is 0 Å². The molecule has 98 valence electrons. The molecule has 1 amide bonds. The largest absolute Gasteiger partial charge is 0.351 e. The van der Waals surface area contributed by atoms with Crippen LogP contribution in [0.1, 0.15) is 0 Å². The summed E-state index contributed by atoms with van der Waals surface area (Å²) >= 11 is 0. The van der Waals surface area contributed by atoms with E-state index in [1.54, 1.807) is 18.2 Å². The van der Waals surface area contributed by atoms with Gasteiger partial charge in [-0.25, -0.2) is 4.39 Å². The minimum Gasteiger partial charge on any atom is -0.351 e. The van der Waals surface area contributed by atoms with Gasteiger partial charge in [-0.1, -0.05) is 6.08 Å². The van der Waals surface area contributed by atoms with Crippen LogP contribution in [-0.2, 0) is 11.3 Å². The number of nitrogens with one attached hydrogen (secondary N) is 1. The van der Waals surface area contributed by atoms with Gasteiger partial charge in [0.05, 0.1) is 0 Å². The number of aromatic nitrogens is 4. The van der Waals surface area contributed by atoms with Crippen LogP contribution < -0.4 is 5.32 Å². The monoisotopic (exact) mass is 261 g/mol. The average Bonchev–Trinajstić information content (AvgIpc) is 2.85. The summed E-state index contributed by atoms with van der Waals surface area (Å²) in [6, 6.07) is 5.72. The minimum absolute atomic E-state index is 0.0258. The molecule has 0 aliphatic heterocycles. The molecule has 1 N–H and O–H groups in total. The second-order valence-electron chi connectivity index (χ2n) is 3.74. The first kappa shape index (κ1) is 12.9. The van der Waals surface area contributed by atoms with Crippen LogP contribution in [0.5, 0.6) is 0 Å². The highest BCUT2D eigenvalue weighted by Crippen LogP contribution is 2.13. The Hall–Kier alpha value is -2.57. The van der Waals surface area contributed by atoms with E-state index in [4.69, 9.17) is 0 Å². The van der Waals surface area contributed by atoms with Crippen molar-refractivity contribution in [2.45, 2.75) is 6.54 Å². The zero-order valence-electron chi connectivity index (χ0n) is 10.1. The third-order valence-electron chi connectivity index (χ3n) is 2.28.